The number of nitro benzene ring substituents is 1. The number of carbonyl (C=O) groups excluding carboxylic acids is 1. The van der Waals surface area contributed by atoms with Crippen LogP contribution in [0.3, 0.4) is 0 Å². The number of amides is 1. The largest absolute Gasteiger partial charge is 0.393 e. The highest BCUT2D eigenvalue weighted by atomic mass is 16.6. The van der Waals surface area contributed by atoms with E-state index in [2.05, 4.69) is 5.32 Å². The molecule has 0 saturated heterocycles. The Kier molecular flexibility index (Phi) is 3.81. The molecule has 0 spiro atoms. The number of nitro groups is 1. The summed E-state index contributed by atoms with van der Waals surface area (Å²) in [5.41, 5.74) is 6.08. The summed E-state index contributed by atoms with van der Waals surface area (Å²) < 4.78 is 0. The highest BCUT2D eigenvalue weighted by Crippen LogP contribution is 2.25. The lowest BCUT2D eigenvalue weighted by Crippen LogP contribution is -2.14. The number of nitrogen functional groups attached to an aromatic ring is 1. The van der Waals surface area contributed by atoms with Gasteiger partial charge in [0.05, 0.1) is 22.1 Å². The second kappa shape index (κ2) is 5.71. The van der Waals surface area contributed by atoms with Gasteiger partial charge in [-0.25, -0.2) is 0 Å². The number of nitrogens with zero attached hydrogens (tertiary/aromatic N) is 2. The third-order valence-corrected chi connectivity index (χ3v) is 2.80. The summed E-state index contributed by atoms with van der Waals surface area (Å²) in [4.78, 5) is 22.2. The maximum Gasteiger partial charge on any atom is 0.292 e. The average molecular weight is 282 g/mol. The molecule has 7 heteroatoms. The molecule has 0 bridgehead atoms. The van der Waals surface area contributed by atoms with Gasteiger partial charge in [-0.05, 0) is 30.3 Å². The van der Waals surface area contributed by atoms with Gasteiger partial charge in [-0.15, -0.1) is 0 Å². The van der Waals surface area contributed by atoms with Crippen molar-refractivity contribution < 1.29 is 9.72 Å². The van der Waals surface area contributed by atoms with Crippen LogP contribution in [0.15, 0.2) is 42.5 Å². The molecule has 0 radical (unpaired) electrons. The standard InChI is InChI=1S/C14H10N4O3/c15-8-9-4-6-10(7-5-9)17-14(19)11-2-1-3-12(13(11)16)18(20)21/h1-7H,16H2,(H,17,19). The first-order valence-corrected chi connectivity index (χ1v) is 5.87. The summed E-state index contributed by atoms with van der Waals surface area (Å²) in [7, 11) is 0. The summed E-state index contributed by atoms with van der Waals surface area (Å²) in [5.74, 6) is -0.555. The monoisotopic (exact) mass is 282 g/mol. The third kappa shape index (κ3) is 2.96. The molecule has 0 fully saturated rings. The minimum absolute atomic E-state index is 0.0218. The predicted molar refractivity (Wildman–Crippen MR) is 76.6 cm³/mol. The third-order valence-electron chi connectivity index (χ3n) is 2.80. The molecule has 0 atom stereocenters. The number of para-hydroxylation sites is 1. The summed E-state index contributed by atoms with van der Waals surface area (Å²) in [6, 6.07) is 12.2. The number of nitrogens with two attached hydrogens (primary N) is 1. The van der Waals surface area contributed by atoms with Crippen LogP contribution in [0.25, 0.3) is 0 Å². The summed E-state index contributed by atoms with van der Waals surface area (Å²) >= 11 is 0. The first-order chi connectivity index (χ1) is 10.0. The van der Waals surface area contributed by atoms with Gasteiger partial charge >= 0.3 is 0 Å². The van der Waals surface area contributed by atoms with Crippen LogP contribution in [-0.2, 0) is 0 Å². The lowest BCUT2D eigenvalue weighted by Gasteiger charge is -2.07. The number of carbonyl (C=O) groups is 1. The lowest BCUT2D eigenvalue weighted by atomic mass is 10.1. The van der Waals surface area contributed by atoms with Crippen molar-refractivity contribution in [3.63, 3.8) is 0 Å². The Morgan fingerprint density at radius 2 is 1.90 bits per heavy atom. The van der Waals surface area contributed by atoms with E-state index in [-0.39, 0.29) is 16.9 Å². The first kappa shape index (κ1) is 14.0. The zero-order valence-electron chi connectivity index (χ0n) is 10.7. The minimum atomic E-state index is -0.645. The number of nitriles is 1. The van der Waals surface area contributed by atoms with Gasteiger partial charge < -0.3 is 11.1 Å². The molecule has 0 heterocycles. The van der Waals surface area contributed by atoms with Crippen LogP contribution < -0.4 is 11.1 Å². The molecule has 0 aliphatic heterocycles. The van der Waals surface area contributed by atoms with Gasteiger partial charge in [-0.2, -0.15) is 5.26 Å². The van der Waals surface area contributed by atoms with Crippen LogP contribution >= 0.6 is 0 Å². The van der Waals surface area contributed by atoms with Gasteiger partial charge in [0.2, 0.25) is 0 Å². The first-order valence-electron chi connectivity index (χ1n) is 5.87. The number of benzene rings is 2. The van der Waals surface area contributed by atoms with Crippen LogP contribution in [0.2, 0.25) is 0 Å². The van der Waals surface area contributed by atoms with Crippen molar-refractivity contribution in [3.8, 4) is 6.07 Å². The number of anilines is 2. The number of hydrogen-bond donors (Lipinski definition) is 2. The molecule has 3 N–H and O–H groups in total. The Morgan fingerprint density at radius 1 is 1.24 bits per heavy atom. The van der Waals surface area contributed by atoms with E-state index in [1.54, 1.807) is 24.3 Å². The molecular weight excluding hydrogens is 272 g/mol. The Bertz CT molecular complexity index is 748. The number of nitrogens with one attached hydrogen (secondary N) is 1. The second-order valence-electron chi connectivity index (χ2n) is 4.14. The molecule has 0 aliphatic rings. The molecule has 2 aromatic carbocycles. The van der Waals surface area contributed by atoms with Gasteiger partial charge in [-0.1, -0.05) is 6.07 Å². The van der Waals surface area contributed by atoms with Crippen molar-refractivity contribution in [1.29, 1.82) is 5.26 Å². The van der Waals surface area contributed by atoms with E-state index in [1.807, 2.05) is 6.07 Å². The van der Waals surface area contributed by atoms with E-state index in [0.717, 1.165) is 0 Å². The molecule has 21 heavy (non-hydrogen) atoms. The lowest BCUT2D eigenvalue weighted by molar-refractivity contribution is -0.383. The zero-order chi connectivity index (χ0) is 15.4. The Balaban J connectivity index is 2.26. The zero-order valence-corrected chi connectivity index (χ0v) is 10.7. The quantitative estimate of drug-likeness (QED) is 0.508. The maximum absolute atomic E-state index is 12.1. The van der Waals surface area contributed by atoms with Crippen LogP contribution in [0.1, 0.15) is 15.9 Å². The summed E-state index contributed by atoms with van der Waals surface area (Å²) in [6.45, 7) is 0. The fourth-order valence-corrected chi connectivity index (χ4v) is 1.74. The molecular formula is C14H10N4O3. The fraction of sp³-hybridized carbons (Fsp3) is 0. The van der Waals surface area contributed by atoms with E-state index in [9.17, 15) is 14.9 Å². The van der Waals surface area contributed by atoms with Crippen molar-refractivity contribution in [3.05, 3.63) is 63.7 Å². The van der Waals surface area contributed by atoms with Gasteiger partial charge in [-0.3, -0.25) is 14.9 Å². The average Bonchev–Trinajstić information content (AvgIpc) is 2.47. The minimum Gasteiger partial charge on any atom is -0.393 e. The van der Waals surface area contributed by atoms with E-state index in [0.29, 0.717) is 11.3 Å². The van der Waals surface area contributed by atoms with Gasteiger partial charge in [0.25, 0.3) is 11.6 Å². The molecule has 2 rings (SSSR count). The smallest absolute Gasteiger partial charge is 0.292 e. The Hall–Kier alpha value is -3.40. The van der Waals surface area contributed by atoms with Gasteiger partial charge in [0, 0.05) is 11.8 Å². The molecule has 0 aliphatic carbocycles. The highest BCUT2D eigenvalue weighted by molar-refractivity contribution is 6.08. The highest BCUT2D eigenvalue weighted by Gasteiger charge is 2.18. The van der Waals surface area contributed by atoms with Crippen molar-refractivity contribution >= 4 is 23.0 Å². The molecule has 0 saturated carbocycles. The van der Waals surface area contributed by atoms with Crippen molar-refractivity contribution in [2.45, 2.75) is 0 Å². The van der Waals surface area contributed by atoms with Crippen molar-refractivity contribution in [2.75, 3.05) is 11.1 Å². The van der Waals surface area contributed by atoms with E-state index in [4.69, 9.17) is 11.0 Å². The molecule has 0 unspecified atom stereocenters. The van der Waals surface area contributed by atoms with Gasteiger partial charge in [0.1, 0.15) is 5.69 Å². The van der Waals surface area contributed by atoms with E-state index in [1.165, 1.54) is 18.2 Å². The maximum atomic E-state index is 12.1. The number of rotatable bonds is 3. The van der Waals surface area contributed by atoms with E-state index < -0.39 is 10.8 Å². The predicted octanol–water partition coefficient (Wildman–Crippen LogP) is 2.30. The summed E-state index contributed by atoms with van der Waals surface area (Å²) in [6.07, 6.45) is 0. The summed E-state index contributed by atoms with van der Waals surface area (Å²) in [5, 5.41) is 22.0. The number of hydrogen-bond acceptors (Lipinski definition) is 5. The Labute approximate surface area is 119 Å². The normalized spacial score (nSPS) is 9.67. The molecule has 7 nitrogen and oxygen atoms in total. The SMILES string of the molecule is N#Cc1ccc(NC(=O)c2cccc([N+](=O)[O-])c2N)cc1. The van der Waals surface area contributed by atoms with Gasteiger partial charge in [0.15, 0.2) is 0 Å². The van der Waals surface area contributed by atoms with Crippen molar-refractivity contribution in [2.24, 2.45) is 0 Å². The molecule has 2 aromatic rings. The van der Waals surface area contributed by atoms with Crippen molar-refractivity contribution in [1.82, 2.24) is 0 Å². The van der Waals surface area contributed by atoms with Crippen LogP contribution in [-0.4, -0.2) is 10.8 Å². The molecule has 1 amide bonds. The second-order valence-corrected chi connectivity index (χ2v) is 4.14. The molecule has 0 aromatic heterocycles. The fourth-order valence-electron chi connectivity index (χ4n) is 1.74. The van der Waals surface area contributed by atoms with E-state index >= 15 is 0 Å². The Morgan fingerprint density at radius 3 is 2.48 bits per heavy atom. The topological polar surface area (TPSA) is 122 Å². The van der Waals surface area contributed by atoms with Crippen LogP contribution in [0.4, 0.5) is 17.1 Å². The molecule has 104 valence electrons. The van der Waals surface area contributed by atoms with Crippen LogP contribution in [0.5, 0.6) is 0 Å². The van der Waals surface area contributed by atoms with Crippen LogP contribution in [0, 0.1) is 21.4 Å².